The van der Waals surface area contributed by atoms with Gasteiger partial charge in [0, 0.05) is 65.2 Å². The molecule has 2 saturated heterocycles. The molecule has 1 aromatic heterocycles. The molecule has 1 unspecified atom stereocenters. The molecule has 3 aliphatic rings. The van der Waals surface area contributed by atoms with E-state index in [0.29, 0.717) is 42.0 Å². The first-order valence-electron chi connectivity index (χ1n) is 19.2. The van der Waals surface area contributed by atoms with Crippen molar-refractivity contribution in [2.75, 3.05) is 32.7 Å². The Labute approximate surface area is 341 Å². The van der Waals surface area contributed by atoms with Gasteiger partial charge >= 0.3 is 6.09 Å². The molecule has 6 rings (SSSR count). The number of imidazole rings is 1. The lowest BCUT2D eigenvalue weighted by molar-refractivity contribution is -0.137. The first-order chi connectivity index (χ1) is 26.7. The van der Waals surface area contributed by atoms with Crippen LogP contribution in [-0.4, -0.2) is 103 Å². The number of benzene rings is 2. The monoisotopic (exact) mass is 820 g/mol. The minimum absolute atomic E-state index is 0.0740. The molecule has 7 atom stereocenters. The molecule has 300 valence electrons. The molecule has 3 amide bonds. The summed E-state index contributed by atoms with van der Waals surface area (Å²) in [6.45, 7) is 11.0. The number of carbonyl (C=O) groups excluding carboxylic acids is 3. The second kappa shape index (κ2) is 17.7. The van der Waals surface area contributed by atoms with Crippen LogP contribution < -0.4 is 5.32 Å². The lowest BCUT2D eigenvalue weighted by atomic mass is 9.95. The Balaban J connectivity index is 1.13. The fraction of sp³-hybridized carbons (Fsp3) is 0.500. The van der Waals surface area contributed by atoms with Crippen LogP contribution in [0.5, 0.6) is 0 Å². The zero-order chi connectivity index (χ0) is 40.4. The number of carbonyl (C=O) groups is 3. The van der Waals surface area contributed by atoms with Gasteiger partial charge in [0.1, 0.15) is 22.7 Å². The molecule has 2 N–H and O–H groups in total. The van der Waals surface area contributed by atoms with E-state index < -0.39 is 22.9 Å². The van der Waals surface area contributed by atoms with E-state index in [4.69, 9.17) is 26.3 Å². The average Bonchev–Trinajstić information content (AvgIpc) is 4.01. The van der Waals surface area contributed by atoms with Gasteiger partial charge in [0.25, 0.3) is 0 Å². The zero-order valence-electron chi connectivity index (χ0n) is 33.4. The maximum atomic E-state index is 13.8. The van der Waals surface area contributed by atoms with E-state index in [0.717, 1.165) is 45.8 Å². The Morgan fingerprint density at radius 2 is 1.50 bits per heavy atom. The molecule has 14 heteroatoms. The van der Waals surface area contributed by atoms with Crippen molar-refractivity contribution in [2.45, 2.75) is 82.5 Å². The van der Waals surface area contributed by atoms with E-state index in [1.807, 2.05) is 44.0 Å². The highest BCUT2D eigenvalue weighted by Crippen LogP contribution is 2.40. The molecule has 56 heavy (non-hydrogen) atoms. The van der Waals surface area contributed by atoms with Crippen LogP contribution in [0, 0.1) is 17.8 Å². The zero-order valence-corrected chi connectivity index (χ0v) is 35.8. The van der Waals surface area contributed by atoms with E-state index >= 15 is 0 Å². The number of allylic oxidation sites excluding steroid dienone is 1. The predicted octanol–water partition coefficient (Wildman–Crippen LogP) is 7.61. The number of methoxy groups -OCH3 is 1. The van der Waals surface area contributed by atoms with E-state index in [2.05, 4.69) is 66.8 Å². The van der Waals surface area contributed by atoms with Gasteiger partial charge in [-0.25, -0.2) is 9.78 Å². The summed E-state index contributed by atoms with van der Waals surface area (Å²) in [7, 11) is 0.146. The first kappa shape index (κ1) is 41.7. The number of nitrogens with zero attached hydrogens (tertiary/aromatic N) is 4. The van der Waals surface area contributed by atoms with Crippen LogP contribution in [0.2, 0.25) is 5.15 Å². The second-order valence-electron chi connectivity index (χ2n) is 15.7. The van der Waals surface area contributed by atoms with Crippen molar-refractivity contribution in [3.05, 3.63) is 71.3 Å². The number of alkyl carbamates (subject to hydrolysis) is 1. The van der Waals surface area contributed by atoms with Gasteiger partial charge < -0.3 is 24.8 Å². The summed E-state index contributed by atoms with van der Waals surface area (Å²) in [6.07, 6.45) is 6.90. The van der Waals surface area contributed by atoms with Gasteiger partial charge in [0.05, 0.1) is 24.4 Å². The number of nitrogens with one attached hydrogen (secondary N) is 2. The number of aromatic nitrogens is 2. The number of hydrogen-bond donors (Lipinski definition) is 2. The molecule has 3 aliphatic heterocycles. The highest BCUT2D eigenvalue weighted by molar-refractivity contribution is 7.99. The van der Waals surface area contributed by atoms with Crippen molar-refractivity contribution in [3.8, 4) is 22.4 Å². The van der Waals surface area contributed by atoms with Crippen LogP contribution in [0.25, 0.3) is 28.0 Å². The molecular weight excluding hydrogens is 768 g/mol. The molecule has 4 heterocycles. The van der Waals surface area contributed by atoms with Gasteiger partial charge in [-0.1, -0.05) is 94.8 Å². The number of thioether (sulfide) groups is 1. The third-order valence-corrected chi connectivity index (χ3v) is 14.1. The van der Waals surface area contributed by atoms with Gasteiger partial charge in [-0.15, -0.1) is 0 Å². The number of rotatable bonds is 12. The molecule has 0 radical (unpaired) electrons. The summed E-state index contributed by atoms with van der Waals surface area (Å²) < 4.78 is 17.4. The Kier molecular flexibility index (Phi) is 13.2. The van der Waals surface area contributed by atoms with Crippen molar-refractivity contribution < 1.29 is 23.3 Å². The minimum Gasteiger partial charge on any atom is -0.453 e. The average molecular weight is 822 g/mol. The van der Waals surface area contributed by atoms with Crippen LogP contribution in [0.3, 0.4) is 0 Å². The third kappa shape index (κ3) is 8.79. The van der Waals surface area contributed by atoms with Crippen LogP contribution in [0.4, 0.5) is 4.79 Å². The number of amides is 3. The summed E-state index contributed by atoms with van der Waals surface area (Å²) in [5, 5.41) is 3.31. The molecule has 3 aromatic rings. The number of aliphatic imine (C=N–C) groups is 1. The lowest BCUT2D eigenvalue weighted by Gasteiger charge is -2.31. The van der Waals surface area contributed by atoms with Crippen LogP contribution in [0.1, 0.15) is 71.3 Å². The number of halogens is 1. The Morgan fingerprint density at radius 3 is 2.07 bits per heavy atom. The molecule has 11 nitrogen and oxygen atoms in total. The van der Waals surface area contributed by atoms with Crippen molar-refractivity contribution >= 4 is 63.4 Å². The summed E-state index contributed by atoms with van der Waals surface area (Å²) >= 11 is 8.54. The Bertz CT molecular complexity index is 2010. The lowest BCUT2D eigenvalue weighted by Crippen LogP contribution is -2.53. The summed E-state index contributed by atoms with van der Waals surface area (Å²) in [5.74, 6) is 0.665. The van der Waals surface area contributed by atoms with Gasteiger partial charge in [-0.2, -0.15) is 11.8 Å². The fourth-order valence-corrected chi connectivity index (χ4v) is 9.49. The Morgan fingerprint density at radius 1 is 0.893 bits per heavy atom. The van der Waals surface area contributed by atoms with E-state index in [-0.39, 0.29) is 46.9 Å². The number of aromatic amines is 1. The van der Waals surface area contributed by atoms with Crippen molar-refractivity contribution in [2.24, 2.45) is 22.7 Å². The normalized spacial score (nSPS) is 22.6. The molecule has 0 aliphatic carbocycles. The highest BCUT2D eigenvalue weighted by Gasteiger charge is 2.44. The number of H-pyrrole nitrogens is 1. The van der Waals surface area contributed by atoms with E-state index in [1.54, 1.807) is 22.9 Å². The third-order valence-electron chi connectivity index (χ3n) is 11.6. The van der Waals surface area contributed by atoms with Crippen molar-refractivity contribution in [3.63, 3.8) is 0 Å². The van der Waals surface area contributed by atoms with Crippen molar-refractivity contribution in [1.29, 1.82) is 0 Å². The first-order valence-corrected chi connectivity index (χ1v) is 22.5. The maximum absolute atomic E-state index is 13.8. The Hall–Kier alpha value is -3.94. The van der Waals surface area contributed by atoms with Gasteiger partial charge in [-0.05, 0) is 53.2 Å². The van der Waals surface area contributed by atoms with Crippen LogP contribution in [-0.2, 0) is 25.1 Å². The van der Waals surface area contributed by atoms with Crippen LogP contribution >= 0.6 is 23.4 Å². The van der Waals surface area contributed by atoms with Crippen molar-refractivity contribution in [1.82, 2.24) is 25.1 Å². The number of ether oxygens (including phenoxy) is 1. The summed E-state index contributed by atoms with van der Waals surface area (Å²) in [5.41, 5.74) is 6.57. The van der Waals surface area contributed by atoms with E-state index in [9.17, 15) is 18.6 Å². The topological polar surface area (TPSA) is 137 Å². The van der Waals surface area contributed by atoms with E-state index in [1.165, 1.54) is 7.11 Å². The largest absolute Gasteiger partial charge is 0.453 e. The SMILES string of the molecule is COC(=O)N[C@H](C(=O)N1C[C@@H](S(C)=O)C[C@H]1C1=NC=C(c2ccc(-c3ccc(-c4nc([C@@H]5C[C@H](SC)CN5C(=O)[C@@H](C)C(C)C)[nH]c4Cl)cc3)cc2)C1)C(C)C. The quantitative estimate of drug-likeness (QED) is 0.192. The summed E-state index contributed by atoms with van der Waals surface area (Å²) in [4.78, 5) is 56.1. The number of likely N-dealkylation sites (tertiary alicyclic amines) is 2. The van der Waals surface area contributed by atoms with Gasteiger partial charge in [0.15, 0.2) is 0 Å². The molecule has 0 spiro atoms. The highest BCUT2D eigenvalue weighted by atomic mass is 35.5. The molecule has 2 aromatic carbocycles. The standard InChI is InChI=1S/C42H53ClN6O5S2/c1-23(2)25(5)40(50)48-21-31(55-7)18-35(48)39-45-37(38(43)47-39)29-15-13-27(14-16-29)26-9-11-28(12-10-26)30-17-33(44-20-30)34-19-32(56(8)53)22-49(34)41(51)36(24(3)4)46-42(52)54-6/h9-16,20,23-25,31-32,34-36H,17-19,21-22H2,1-8H3,(H,45,47)(H,46,52)/t25-,31-,32-,34-,35-,36-,56?/m0/s1. The summed E-state index contributed by atoms with van der Waals surface area (Å²) in [6, 6.07) is 15.3. The van der Waals surface area contributed by atoms with Gasteiger partial charge in [0.2, 0.25) is 11.8 Å². The number of hydrogen-bond acceptors (Lipinski definition) is 8. The predicted molar refractivity (Wildman–Crippen MR) is 227 cm³/mol. The van der Waals surface area contributed by atoms with Gasteiger partial charge in [-0.3, -0.25) is 18.8 Å². The second-order valence-corrected chi connectivity index (χ2v) is 18.9. The fourth-order valence-electron chi connectivity index (χ4n) is 7.74. The molecule has 2 fully saturated rings. The minimum atomic E-state index is -1.13. The molecular formula is C42H53ClN6O5S2. The smallest absolute Gasteiger partial charge is 0.407 e. The molecule has 0 bridgehead atoms. The maximum Gasteiger partial charge on any atom is 0.407 e. The van der Waals surface area contributed by atoms with Crippen LogP contribution in [0.15, 0.2) is 59.7 Å². The molecule has 0 saturated carbocycles.